The Labute approximate surface area is 182 Å². The van der Waals surface area contributed by atoms with Crippen LogP contribution >= 0.6 is 0 Å². The topological polar surface area (TPSA) is 103 Å². The molecular formula is C22H26FN3O4S. The quantitative estimate of drug-likeness (QED) is 0.660. The van der Waals surface area contributed by atoms with Gasteiger partial charge in [-0.05, 0) is 61.2 Å². The zero-order valence-electron chi connectivity index (χ0n) is 17.9. The summed E-state index contributed by atoms with van der Waals surface area (Å²) in [5.41, 5.74) is 1.69. The van der Waals surface area contributed by atoms with Crippen molar-refractivity contribution < 1.29 is 22.7 Å². The normalized spacial score (nSPS) is 17.7. The van der Waals surface area contributed by atoms with Crippen LogP contribution in [-0.4, -0.2) is 42.9 Å². The van der Waals surface area contributed by atoms with Gasteiger partial charge in [-0.25, -0.2) is 12.8 Å². The highest BCUT2D eigenvalue weighted by molar-refractivity contribution is 7.89. The van der Waals surface area contributed by atoms with E-state index >= 15 is 0 Å². The first-order chi connectivity index (χ1) is 14.4. The zero-order chi connectivity index (χ0) is 23.0. The zero-order valence-corrected chi connectivity index (χ0v) is 18.7. The maximum absolute atomic E-state index is 14.8. The minimum Gasteiger partial charge on any atom is -0.356 e. The molecule has 0 spiro atoms. The third-order valence-electron chi connectivity index (χ3n) is 4.92. The molecule has 3 rings (SSSR count). The standard InChI is InChI=1S/C22H26FN3O4S/c1-22(2,3)30-21(27)25-18(12-24)10-16-6-5-15(11-19(16)23)14-7-8-20-17(9-14)13-26(4)31(20,28)29/h5-9,11,18,21,25,27H,10,13H2,1-4H3/t18-,21?/m0/s1. The third-order valence-corrected chi connectivity index (χ3v) is 6.82. The molecule has 0 radical (unpaired) electrons. The molecule has 2 N–H and O–H groups in total. The van der Waals surface area contributed by atoms with Gasteiger partial charge in [-0.3, -0.25) is 5.32 Å². The van der Waals surface area contributed by atoms with E-state index in [9.17, 15) is 23.2 Å². The lowest BCUT2D eigenvalue weighted by Crippen LogP contribution is -2.44. The molecule has 2 aromatic carbocycles. The van der Waals surface area contributed by atoms with Gasteiger partial charge >= 0.3 is 0 Å². The molecule has 1 aliphatic heterocycles. The number of nitrogens with zero attached hydrogens (tertiary/aromatic N) is 2. The second-order valence-electron chi connectivity index (χ2n) is 8.52. The van der Waals surface area contributed by atoms with Crippen LogP contribution in [0.3, 0.4) is 0 Å². The van der Waals surface area contributed by atoms with E-state index < -0.39 is 33.9 Å². The van der Waals surface area contributed by atoms with Crippen LogP contribution in [0.25, 0.3) is 11.1 Å². The summed E-state index contributed by atoms with van der Waals surface area (Å²) in [7, 11) is -1.92. The molecule has 2 atom stereocenters. The highest BCUT2D eigenvalue weighted by Gasteiger charge is 2.31. The first kappa shape index (κ1) is 23.3. The van der Waals surface area contributed by atoms with Crippen LogP contribution in [0.4, 0.5) is 4.39 Å². The molecule has 0 amide bonds. The molecule has 7 nitrogen and oxygen atoms in total. The lowest BCUT2D eigenvalue weighted by Gasteiger charge is -2.26. The predicted octanol–water partition coefficient (Wildman–Crippen LogP) is 2.74. The fraction of sp³-hybridized carbons (Fsp3) is 0.409. The molecule has 2 aromatic rings. The van der Waals surface area contributed by atoms with Crippen molar-refractivity contribution in [1.82, 2.24) is 9.62 Å². The van der Waals surface area contributed by atoms with E-state index in [4.69, 9.17) is 4.74 Å². The van der Waals surface area contributed by atoms with Crippen LogP contribution in [0.5, 0.6) is 0 Å². The maximum atomic E-state index is 14.8. The van der Waals surface area contributed by atoms with Gasteiger partial charge in [-0.2, -0.15) is 9.57 Å². The SMILES string of the molecule is CN1Cc2cc(-c3ccc(C[C@@H](C#N)NC(O)OC(C)(C)C)c(F)c3)ccc2S1(=O)=O. The van der Waals surface area contributed by atoms with Gasteiger partial charge < -0.3 is 9.84 Å². The minimum atomic E-state index is -3.45. The van der Waals surface area contributed by atoms with Crippen molar-refractivity contribution in [2.45, 2.75) is 56.7 Å². The molecule has 1 heterocycles. The van der Waals surface area contributed by atoms with Crippen LogP contribution in [0, 0.1) is 17.1 Å². The van der Waals surface area contributed by atoms with Gasteiger partial charge in [-0.15, -0.1) is 0 Å². The third kappa shape index (κ3) is 5.29. The number of hydrogen-bond donors (Lipinski definition) is 2. The molecule has 0 aliphatic carbocycles. The number of benzene rings is 2. The van der Waals surface area contributed by atoms with E-state index in [0.717, 1.165) is 0 Å². The average molecular weight is 448 g/mol. The number of ether oxygens (including phenoxy) is 1. The Morgan fingerprint density at radius 1 is 1.26 bits per heavy atom. The molecule has 0 fully saturated rings. The lowest BCUT2D eigenvalue weighted by molar-refractivity contribution is -0.183. The van der Waals surface area contributed by atoms with Crippen LogP contribution < -0.4 is 5.32 Å². The molecule has 166 valence electrons. The molecule has 31 heavy (non-hydrogen) atoms. The monoisotopic (exact) mass is 447 g/mol. The summed E-state index contributed by atoms with van der Waals surface area (Å²) in [6, 6.07) is 10.8. The summed E-state index contributed by atoms with van der Waals surface area (Å²) < 4.78 is 45.8. The Kier molecular flexibility index (Phi) is 6.51. The van der Waals surface area contributed by atoms with Crippen molar-refractivity contribution >= 4 is 10.0 Å². The maximum Gasteiger partial charge on any atom is 0.243 e. The number of rotatable bonds is 6. The Hall–Kier alpha value is -2.35. The fourth-order valence-electron chi connectivity index (χ4n) is 3.42. The number of halogens is 1. The summed E-state index contributed by atoms with van der Waals surface area (Å²) >= 11 is 0. The van der Waals surface area contributed by atoms with E-state index in [1.54, 1.807) is 51.1 Å². The van der Waals surface area contributed by atoms with E-state index in [2.05, 4.69) is 5.32 Å². The van der Waals surface area contributed by atoms with Crippen molar-refractivity contribution in [3.05, 3.63) is 53.3 Å². The summed E-state index contributed by atoms with van der Waals surface area (Å²) in [5, 5.41) is 21.9. The van der Waals surface area contributed by atoms with Gasteiger partial charge in [-0.1, -0.05) is 18.2 Å². The second-order valence-corrected chi connectivity index (χ2v) is 10.5. The van der Waals surface area contributed by atoms with Gasteiger partial charge in [0, 0.05) is 20.0 Å². The van der Waals surface area contributed by atoms with Gasteiger partial charge in [0.05, 0.1) is 16.6 Å². The summed E-state index contributed by atoms with van der Waals surface area (Å²) in [5.74, 6) is -0.490. The van der Waals surface area contributed by atoms with Crippen LogP contribution in [-0.2, 0) is 27.7 Å². The molecule has 1 unspecified atom stereocenters. The van der Waals surface area contributed by atoms with Gasteiger partial charge in [0.15, 0.2) is 0 Å². The Balaban J connectivity index is 1.76. The van der Waals surface area contributed by atoms with E-state index in [1.165, 1.54) is 17.4 Å². The van der Waals surface area contributed by atoms with Crippen molar-refractivity contribution in [3.63, 3.8) is 0 Å². The molecule has 1 aliphatic rings. The first-order valence-corrected chi connectivity index (χ1v) is 11.2. The average Bonchev–Trinajstić information content (AvgIpc) is 2.89. The number of aliphatic hydroxyl groups is 1. The molecular weight excluding hydrogens is 421 g/mol. The minimum absolute atomic E-state index is 0.0421. The molecule has 9 heteroatoms. The fourth-order valence-corrected chi connectivity index (χ4v) is 4.76. The number of nitrogens with one attached hydrogen (secondary N) is 1. The van der Waals surface area contributed by atoms with Gasteiger partial charge in [0.25, 0.3) is 0 Å². The largest absolute Gasteiger partial charge is 0.356 e. The summed E-state index contributed by atoms with van der Waals surface area (Å²) in [4.78, 5) is 0.273. The van der Waals surface area contributed by atoms with Gasteiger partial charge in [0.1, 0.15) is 11.9 Å². The summed E-state index contributed by atoms with van der Waals surface area (Å²) in [6.45, 7) is 5.58. The highest BCUT2D eigenvalue weighted by Crippen LogP contribution is 2.33. The lowest BCUT2D eigenvalue weighted by atomic mass is 9.99. The van der Waals surface area contributed by atoms with Crippen LogP contribution in [0.15, 0.2) is 41.3 Å². The number of hydrogen-bond acceptors (Lipinski definition) is 6. The Morgan fingerprint density at radius 2 is 1.90 bits per heavy atom. The number of sulfonamides is 1. The molecule has 0 aromatic heterocycles. The van der Waals surface area contributed by atoms with Crippen molar-refractivity contribution in [3.8, 4) is 17.2 Å². The van der Waals surface area contributed by atoms with E-state index in [0.29, 0.717) is 22.3 Å². The second kappa shape index (κ2) is 8.65. The smallest absolute Gasteiger partial charge is 0.243 e. The predicted molar refractivity (Wildman–Crippen MR) is 114 cm³/mol. The van der Waals surface area contributed by atoms with E-state index in [1.807, 2.05) is 6.07 Å². The molecule has 0 bridgehead atoms. The number of nitriles is 1. The highest BCUT2D eigenvalue weighted by atomic mass is 32.2. The Bertz CT molecular complexity index is 1120. The first-order valence-electron chi connectivity index (χ1n) is 9.80. The summed E-state index contributed by atoms with van der Waals surface area (Å²) in [6.07, 6.45) is -1.31. The number of aliphatic hydroxyl groups excluding tert-OH is 1. The van der Waals surface area contributed by atoms with Crippen molar-refractivity contribution in [2.75, 3.05) is 7.05 Å². The van der Waals surface area contributed by atoms with Gasteiger partial charge in [0.2, 0.25) is 16.4 Å². The van der Waals surface area contributed by atoms with Crippen molar-refractivity contribution in [2.24, 2.45) is 0 Å². The Morgan fingerprint density at radius 3 is 2.52 bits per heavy atom. The van der Waals surface area contributed by atoms with Crippen LogP contribution in [0.1, 0.15) is 31.9 Å². The van der Waals surface area contributed by atoms with Crippen LogP contribution in [0.2, 0.25) is 0 Å². The molecule has 0 saturated carbocycles. The number of fused-ring (bicyclic) bond motifs is 1. The van der Waals surface area contributed by atoms with Crippen molar-refractivity contribution in [1.29, 1.82) is 5.26 Å². The molecule has 0 saturated heterocycles. The van der Waals surface area contributed by atoms with E-state index in [-0.39, 0.29) is 17.9 Å².